The molecule has 0 spiro atoms. The summed E-state index contributed by atoms with van der Waals surface area (Å²) in [5.74, 6) is -4.07. The lowest BCUT2D eigenvalue weighted by Gasteiger charge is -2.10. The molecule has 6 heteroatoms. The summed E-state index contributed by atoms with van der Waals surface area (Å²) in [6.45, 7) is 3.58. The first kappa shape index (κ1) is 14.2. The van der Waals surface area contributed by atoms with Crippen LogP contribution >= 0.6 is 0 Å². The minimum absolute atomic E-state index is 0.204. The molecule has 0 fully saturated rings. The summed E-state index contributed by atoms with van der Waals surface area (Å²) >= 11 is 0. The average Bonchev–Trinajstić information content (AvgIpc) is 2.29. The number of aryl methyl sites for hydroxylation is 2. The van der Waals surface area contributed by atoms with Gasteiger partial charge in [0.1, 0.15) is 0 Å². The maximum atomic E-state index is 12.0. The zero-order chi connectivity index (χ0) is 13.9. The predicted octanol–water partition coefficient (Wildman–Crippen LogP) is 2.63. The topological polar surface area (TPSA) is 46.2 Å². The summed E-state index contributed by atoms with van der Waals surface area (Å²) in [6, 6.07) is 4.91. The quantitative estimate of drug-likeness (QED) is 0.848. The molecule has 0 unspecified atom stereocenters. The van der Waals surface area contributed by atoms with Gasteiger partial charge >= 0.3 is 17.9 Å². The lowest BCUT2D eigenvalue weighted by Crippen LogP contribution is -2.35. The molecule has 0 bridgehead atoms. The van der Waals surface area contributed by atoms with Gasteiger partial charge in [0.05, 0.1) is 0 Å². The number of amides is 1. The third-order valence-electron chi connectivity index (χ3n) is 2.41. The van der Waals surface area contributed by atoms with Crippen molar-refractivity contribution in [2.75, 3.05) is 5.32 Å². The molecule has 0 heterocycles. The summed E-state index contributed by atoms with van der Waals surface area (Å²) in [4.78, 5) is 21.8. The molecule has 1 N–H and O–H groups in total. The van der Waals surface area contributed by atoms with Crippen molar-refractivity contribution in [2.24, 2.45) is 0 Å². The molecule has 18 heavy (non-hydrogen) atoms. The van der Waals surface area contributed by atoms with Crippen molar-refractivity contribution < 1.29 is 22.8 Å². The van der Waals surface area contributed by atoms with Crippen LogP contribution in [0, 0.1) is 6.92 Å². The van der Waals surface area contributed by atoms with E-state index >= 15 is 0 Å². The summed E-state index contributed by atoms with van der Waals surface area (Å²) in [5.41, 5.74) is 1.81. The standard InChI is InChI=1S/C12H12F3NO2/c1-3-8-4-5-9(7(2)6-8)16-11(18)10(17)12(13,14)15/h4-6H,3H2,1-2H3,(H,16,18). The third-order valence-corrected chi connectivity index (χ3v) is 2.41. The van der Waals surface area contributed by atoms with Crippen LogP contribution in [-0.4, -0.2) is 17.9 Å². The van der Waals surface area contributed by atoms with Crippen LogP contribution in [0.15, 0.2) is 18.2 Å². The summed E-state index contributed by atoms with van der Waals surface area (Å²) in [6.07, 6.45) is -4.38. The molecule has 1 aromatic rings. The van der Waals surface area contributed by atoms with Gasteiger partial charge in [-0.3, -0.25) is 9.59 Å². The number of nitrogens with one attached hydrogen (secondary N) is 1. The van der Waals surface area contributed by atoms with Crippen LogP contribution in [-0.2, 0) is 16.0 Å². The molecule has 0 aliphatic carbocycles. The van der Waals surface area contributed by atoms with Crippen molar-refractivity contribution in [3.05, 3.63) is 29.3 Å². The number of benzene rings is 1. The Labute approximate surface area is 102 Å². The SMILES string of the molecule is CCc1ccc(NC(=O)C(=O)C(F)(F)F)c(C)c1. The minimum atomic E-state index is -5.15. The molecule has 0 aliphatic rings. The van der Waals surface area contributed by atoms with Gasteiger partial charge in [0.2, 0.25) is 0 Å². The maximum absolute atomic E-state index is 12.0. The molecule has 0 saturated carbocycles. The van der Waals surface area contributed by atoms with Crippen molar-refractivity contribution in [3.63, 3.8) is 0 Å². The molecule has 3 nitrogen and oxygen atoms in total. The molecule has 1 rings (SSSR count). The van der Waals surface area contributed by atoms with Gasteiger partial charge in [0, 0.05) is 5.69 Å². The normalized spacial score (nSPS) is 11.2. The second-order valence-electron chi connectivity index (χ2n) is 3.78. The Hall–Kier alpha value is -1.85. The summed E-state index contributed by atoms with van der Waals surface area (Å²) < 4.78 is 36.0. The fourth-order valence-corrected chi connectivity index (χ4v) is 1.39. The largest absolute Gasteiger partial charge is 0.460 e. The lowest BCUT2D eigenvalue weighted by atomic mass is 10.1. The average molecular weight is 259 g/mol. The van der Waals surface area contributed by atoms with Crippen molar-refractivity contribution in [1.82, 2.24) is 0 Å². The number of ketones is 1. The molecule has 1 amide bonds. The third kappa shape index (κ3) is 3.32. The number of hydrogen-bond donors (Lipinski definition) is 1. The molecule has 0 saturated heterocycles. The van der Waals surface area contributed by atoms with Gasteiger partial charge in [-0.1, -0.05) is 19.1 Å². The van der Waals surface area contributed by atoms with Crippen LogP contribution < -0.4 is 5.32 Å². The fourth-order valence-electron chi connectivity index (χ4n) is 1.39. The van der Waals surface area contributed by atoms with E-state index in [0.29, 0.717) is 5.56 Å². The number of rotatable bonds is 3. The number of anilines is 1. The van der Waals surface area contributed by atoms with Crippen LogP contribution in [0.5, 0.6) is 0 Å². The smallest absolute Gasteiger partial charge is 0.319 e. The highest BCUT2D eigenvalue weighted by molar-refractivity contribution is 6.42. The van der Waals surface area contributed by atoms with Crippen LogP contribution in [0.2, 0.25) is 0 Å². The Morgan fingerprint density at radius 3 is 2.33 bits per heavy atom. The highest BCUT2D eigenvalue weighted by Gasteiger charge is 2.43. The van der Waals surface area contributed by atoms with Crippen LogP contribution in [0.4, 0.5) is 18.9 Å². The molecule has 0 radical (unpaired) electrons. The van der Waals surface area contributed by atoms with E-state index in [9.17, 15) is 22.8 Å². The summed E-state index contributed by atoms with van der Waals surface area (Å²) in [7, 11) is 0. The van der Waals surface area contributed by atoms with E-state index in [4.69, 9.17) is 0 Å². The second-order valence-corrected chi connectivity index (χ2v) is 3.78. The number of carbonyl (C=O) groups is 2. The molecule has 0 aliphatic heterocycles. The van der Waals surface area contributed by atoms with Crippen LogP contribution in [0.25, 0.3) is 0 Å². The Kier molecular flexibility index (Phi) is 4.11. The molecular weight excluding hydrogens is 247 g/mol. The Morgan fingerprint density at radius 2 is 1.89 bits per heavy atom. The van der Waals surface area contributed by atoms with Gasteiger partial charge in [-0.25, -0.2) is 0 Å². The lowest BCUT2D eigenvalue weighted by molar-refractivity contribution is -0.173. The number of halogens is 3. The first-order valence-corrected chi connectivity index (χ1v) is 5.27. The zero-order valence-electron chi connectivity index (χ0n) is 9.89. The second kappa shape index (κ2) is 5.20. The van der Waals surface area contributed by atoms with E-state index in [2.05, 4.69) is 0 Å². The van der Waals surface area contributed by atoms with Gasteiger partial charge in [-0.2, -0.15) is 13.2 Å². The molecular formula is C12H12F3NO2. The van der Waals surface area contributed by atoms with E-state index in [1.165, 1.54) is 6.07 Å². The highest BCUT2D eigenvalue weighted by atomic mass is 19.4. The monoisotopic (exact) mass is 259 g/mol. The first-order chi connectivity index (χ1) is 8.25. The van der Waals surface area contributed by atoms with E-state index in [0.717, 1.165) is 12.0 Å². The Bertz CT molecular complexity index is 481. The van der Waals surface area contributed by atoms with E-state index < -0.39 is 17.9 Å². The number of alkyl halides is 3. The molecule has 0 atom stereocenters. The van der Waals surface area contributed by atoms with Crippen LogP contribution in [0.3, 0.4) is 0 Å². The number of hydrogen-bond acceptors (Lipinski definition) is 2. The van der Waals surface area contributed by atoms with Gasteiger partial charge in [0.15, 0.2) is 0 Å². The van der Waals surface area contributed by atoms with Gasteiger partial charge < -0.3 is 5.32 Å². The fraction of sp³-hybridized carbons (Fsp3) is 0.333. The van der Waals surface area contributed by atoms with Crippen molar-refractivity contribution in [3.8, 4) is 0 Å². The number of Topliss-reactive ketones (excluding diaryl/α,β-unsaturated/α-hetero) is 1. The Morgan fingerprint density at radius 1 is 1.28 bits per heavy atom. The molecule has 0 aromatic heterocycles. The zero-order valence-corrected chi connectivity index (χ0v) is 9.89. The van der Waals surface area contributed by atoms with E-state index in [1.54, 1.807) is 19.1 Å². The van der Waals surface area contributed by atoms with Gasteiger partial charge in [-0.15, -0.1) is 0 Å². The van der Waals surface area contributed by atoms with Crippen molar-refractivity contribution in [2.45, 2.75) is 26.4 Å². The van der Waals surface area contributed by atoms with Gasteiger partial charge in [0.25, 0.3) is 0 Å². The van der Waals surface area contributed by atoms with Crippen LogP contribution in [0.1, 0.15) is 18.1 Å². The number of carbonyl (C=O) groups excluding carboxylic acids is 2. The van der Waals surface area contributed by atoms with E-state index in [-0.39, 0.29) is 5.69 Å². The molecule has 98 valence electrons. The van der Waals surface area contributed by atoms with E-state index in [1.807, 2.05) is 12.2 Å². The highest BCUT2D eigenvalue weighted by Crippen LogP contribution is 2.20. The van der Waals surface area contributed by atoms with Gasteiger partial charge in [-0.05, 0) is 30.5 Å². The predicted molar refractivity (Wildman–Crippen MR) is 60.2 cm³/mol. The summed E-state index contributed by atoms with van der Waals surface area (Å²) in [5, 5.41) is 1.96. The van der Waals surface area contributed by atoms with Crippen molar-refractivity contribution in [1.29, 1.82) is 0 Å². The maximum Gasteiger partial charge on any atom is 0.460 e. The Balaban J connectivity index is 2.86. The minimum Gasteiger partial charge on any atom is -0.319 e. The first-order valence-electron chi connectivity index (χ1n) is 5.27. The van der Waals surface area contributed by atoms with Crippen molar-refractivity contribution >= 4 is 17.4 Å². The molecule has 1 aromatic carbocycles.